The summed E-state index contributed by atoms with van der Waals surface area (Å²) in [5.74, 6) is 5.79. The molecule has 0 N–H and O–H groups in total. The van der Waals surface area contributed by atoms with Gasteiger partial charge < -0.3 is 0 Å². The molecule has 2 unspecified atom stereocenters. The Morgan fingerprint density at radius 3 is 1.51 bits per heavy atom. The quantitative estimate of drug-likeness (QED) is 0.189. The van der Waals surface area contributed by atoms with Crippen LogP contribution in [0.3, 0.4) is 0 Å². The molecule has 0 aromatic heterocycles. The van der Waals surface area contributed by atoms with Gasteiger partial charge in [0, 0.05) is 10.8 Å². The predicted molar refractivity (Wildman–Crippen MR) is 227 cm³/mol. The van der Waals surface area contributed by atoms with Gasteiger partial charge in [0.1, 0.15) is 0 Å². The zero-order chi connectivity index (χ0) is 35.6. The van der Waals surface area contributed by atoms with Crippen LogP contribution in [0.1, 0.15) is 244 Å². The van der Waals surface area contributed by atoms with Gasteiger partial charge in [-0.1, -0.05) is 131 Å². The van der Waals surface area contributed by atoms with Crippen LogP contribution in [0, 0.1) is 51.8 Å². The molecular formula is C53H84. The second-order valence-corrected chi connectivity index (χ2v) is 21.8. The minimum atomic E-state index is 0.295. The van der Waals surface area contributed by atoms with Crippen LogP contribution in [-0.2, 0) is 0 Å². The number of hydrogen-bond donors (Lipinski definition) is 0. The molecule has 4 bridgehead atoms. The molecule has 0 radical (unpaired) electrons. The first kappa shape index (κ1) is 37.8. The molecule has 0 aromatic carbocycles. The third kappa shape index (κ3) is 7.10. The average molecular weight is 721 g/mol. The Morgan fingerprint density at radius 2 is 0.887 bits per heavy atom. The Kier molecular flexibility index (Phi) is 12.1. The molecule has 7 saturated carbocycles. The summed E-state index contributed by atoms with van der Waals surface area (Å²) in [6.07, 6.45) is 63.7. The van der Waals surface area contributed by atoms with Crippen LogP contribution in [-0.4, -0.2) is 0 Å². The van der Waals surface area contributed by atoms with Crippen molar-refractivity contribution in [2.45, 2.75) is 244 Å². The molecule has 0 nitrogen and oxygen atoms in total. The third-order valence-electron chi connectivity index (χ3n) is 18.8. The first-order chi connectivity index (χ1) is 26.2. The fraction of sp³-hybridized carbons (Fsp3) is 0.887. The lowest BCUT2D eigenvalue weighted by Gasteiger charge is -2.69. The van der Waals surface area contributed by atoms with Crippen LogP contribution in [0.2, 0.25) is 0 Å². The van der Waals surface area contributed by atoms with E-state index in [1.165, 1.54) is 173 Å². The molecule has 0 heteroatoms. The number of hydrogen-bond acceptors (Lipinski definition) is 0. The summed E-state index contributed by atoms with van der Waals surface area (Å²) in [5, 5.41) is 0. The maximum Gasteiger partial charge on any atom is 0.0253 e. The monoisotopic (exact) mass is 721 g/mol. The van der Waals surface area contributed by atoms with Crippen LogP contribution in [0.5, 0.6) is 0 Å². The molecule has 296 valence electrons. The van der Waals surface area contributed by atoms with E-state index < -0.39 is 0 Å². The summed E-state index contributed by atoms with van der Waals surface area (Å²) >= 11 is 0. The molecule has 0 heterocycles. The molecule has 7 fully saturated rings. The Labute approximate surface area is 329 Å². The highest BCUT2D eigenvalue weighted by atomic mass is 14.7. The minimum Gasteiger partial charge on any atom is -0.0847 e. The largest absolute Gasteiger partial charge is 0.0847 e. The normalized spacial score (nSPS) is 41.9. The second kappa shape index (κ2) is 17.0. The van der Waals surface area contributed by atoms with Crippen molar-refractivity contribution in [2.24, 2.45) is 51.8 Å². The van der Waals surface area contributed by atoms with Crippen LogP contribution >= 0.6 is 0 Å². The molecule has 10 aliphatic rings. The highest BCUT2D eigenvalue weighted by Gasteiger charge is 2.68. The lowest BCUT2D eigenvalue weighted by molar-refractivity contribution is -0.0819. The van der Waals surface area contributed by atoms with E-state index in [0.717, 1.165) is 35.5 Å². The first-order valence-electron chi connectivity index (χ1n) is 25.4. The van der Waals surface area contributed by atoms with Crippen molar-refractivity contribution >= 4 is 0 Å². The van der Waals surface area contributed by atoms with Crippen LogP contribution in [0.25, 0.3) is 0 Å². The molecule has 0 aromatic rings. The van der Waals surface area contributed by atoms with Gasteiger partial charge in [-0.3, -0.25) is 0 Å². The van der Waals surface area contributed by atoms with Crippen molar-refractivity contribution in [3.8, 4) is 0 Å². The summed E-state index contributed by atoms with van der Waals surface area (Å²) in [7, 11) is 0. The molecular weight excluding hydrogens is 637 g/mol. The smallest absolute Gasteiger partial charge is 0.0253 e. The van der Waals surface area contributed by atoms with E-state index in [-0.39, 0.29) is 0 Å². The SMILES string of the molecule is C1=C(C2(C3CCCCC3)CCCC/C(C3CCCCCCC3)=C(/C34CC5CC(CC(C5)C3)C4)C2(C2=CCCCCC2)C2CCCCCC2)CCCCC1. The average Bonchev–Trinajstić information content (AvgIpc) is 3.70. The second-order valence-electron chi connectivity index (χ2n) is 21.8. The minimum absolute atomic E-state index is 0.295. The van der Waals surface area contributed by atoms with Gasteiger partial charge >= 0.3 is 0 Å². The zero-order valence-electron chi connectivity index (χ0n) is 35.0. The molecule has 10 rings (SSSR count). The lowest BCUT2D eigenvalue weighted by atomic mass is 9.34. The summed E-state index contributed by atoms with van der Waals surface area (Å²) in [6.45, 7) is 0. The van der Waals surface area contributed by atoms with Crippen molar-refractivity contribution in [3.63, 3.8) is 0 Å². The Bertz CT molecular complexity index is 1260. The number of rotatable bonds is 6. The summed E-state index contributed by atoms with van der Waals surface area (Å²) < 4.78 is 0. The maximum absolute atomic E-state index is 3.09. The van der Waals surface area contributed by atoms with Gasteiger partial charge in [-0.2, -0.15) is 0 Å². The van der Waals surface area contributed by atoms with Crippen molar-refractivity contribution in [3.05, 3.63) is 34.4 Å². The third-order valence-corrected chi connectivity index (χ3v) is 18.8. The van der Waals surface area contributed by atoms with Gasteiger partial charge in [0.15, 0.2) is 0 Å². The molecule has 0 amide bonds. The van der Waals surface area contributed by atoms with E-state index in [9.17, 15) is 0 Å². The van der Waals surface area contributed by atoms with Crippen molar-refractivity contribution in [1.82, 2.24) is 0 Å². The topological polar surface area (TPSA) is 0 Å². The summed E-state index contributed by atoms with van der Waals surface area (Å²) in [5.41, 5.74) is 9.93. The first-order valence-corrected chi connectivity index (χ1v) is 25.4. The fourth-order valence-corrected chi connectivity index (χ4v) is 17.5. The van der Waals surface area contributed by atoms with Gasteiger partial charge in [0.2, 0.25) is 0 Å². The van der Waals surface area contributed by atoms with Gasteiger partial charge in [-0.05, 0) is 189 Å². The van der Waals surface area contributed by atoms with E-state index in [1.807, 2.05) is 0 Å². The summed E-state index contributed by atoms with van der Waals surface area (Å²) in [4.78, 5) is 0. The van der Waals surface area contributed by atoms with Crippen molar-refractivity contribution in [1.29, 1.82) is 0 Å². The Hall–Kier alpha value is -0.780. The molecule has 0 aliphatic heterocycles. The fourth-order valence-electron chi connectivity index (χ4n) is 17.5. The van der Waals surface area contributed by atoms with E-state index in [4.69, 9.17) is 0 Å². The van der Waals surface area contributed by atoms with Crippen LogP contribution in [0.4, 0.5) is 0 Å². The van der Waals surface area contributed by atoms with Gasteiger partial charge in [-0.15, -0.1) is 0 Å². The Morgan fingerprint density at radius 1 is 0.415 bits per heavy atom. The molecule has 2 atom stereocenters. The zero-order valence-corrected chi connectivity index (χ0v) is 35.0. The highest BCUT2D eigenvalue weighted by Crippen LogP contribution is 2.77. The highest BCUT2D eigenvalue weighted by molar-refractivity contribution is 5.49. The van der Waals surface area contributed by atoms with Gasteiger partial charge in [0.05, 0.1) is 0 Å². The van der Waals surface area contributed by atoms with E-state index in [1.54, 1.807) is 70.6 Å². The van der Waals surface area contributed by atoms with Gasteiger partial charge in [0.25, 0.3) is 0 Å². The molecule has 0 spiro atoms. The van der Waals surface area contributed by atoms with E-state index >= 15 is 0 Å². The number of allylic oxidation sites excluding steroid dienone is 6. The van der Waals surface area contributed by atoms with Crippen LogP contribution < -0.4 is 0 Å². The molecule has 53 heavy (non-hydrogen) atoms. The summed E-state index contributed by atoms with van der Waals surface area (Å²) in [6, 6.07) is 0. The Balaban J connectivity index is 1.41. The van der Waals surface area contributed by atoms with Crippen molar-refractivity contribution in [2.75, 3.05) is 0 Å². The van der Waals surface area contributed by atoms with Crippen LogP contribution in [0.15, 0.2) is 34.4 Å². The van der Waals surface area contributed by atoms with E-state index in [2.05, 4.69) is 34.4 Å². The standard InChI is InChI=1S/C53H84/c1-2-11-23-44(24-12-3-1)49-33-21-22-34-52(46-27-19-10-20-28-46,45-25-13-4-5-14-26-45)53(47-29-15-6-7-16-30-47,48-31-17-8-9-18-32-48)50(49)51-38-41-35-42(39-51)37-43(36-41)40-51/h25,29,41-44,46,48H,1-24,26-28,30-40H2/b50-49+. The molecule has 10 aliphatic carbocycles. The van der Waals surface area contributed by atoms with E-state index in [0.29, 0.717) is 16.2 Å². The van der Waals surface area contributed by atoms with Gasteiger partial charge in [-0.25, -0.2) is 0 Å². The molecule has 0 saturated heterocycles. The van der Waals surface area contributed by atoms with Crippen molar-refractivity contribution < 1.29 is 0 Å². The lowest BCUT2D eigenvalue weighted by Crippen LogP contribution is -2.61. The predicted octanol–water partition coefficient (Wildman–Crippen LogP) is 16.7. The maximum atomic E-state index is 3.09.